The molecule has 0 saturated carbocycles. The lowest BCUT2D eigenvalue weighted by atomic mass is 10.5. The van der Waals surface area contributed by atoms with Gasteiger partial charge in [0.25, 0.3) is 5.69 Å². The Morgan fingerprint density at radius 1 is 1.50 bits per heavy atom. The fourth-order valence-corrected chi connectivity index (χ4v) is 0.520. The molecule has 0 spiro atoms. The third-order valence-electron chi connectivity index (χ3n) is 0.987. The van der Waals surface area contributed by atoms with Gasteiger partial charge in [-0.1, -0.05) is 11.5 Å². The van der Waals surface area contributed by atoms with Gasteiger partial charge in [-0.3, -0.25) is 0 Å². The fraction of sp³-hybridized carbons (Fsp3) is 0. The average molecular weight is 139 g/mol. The van der Waals surface area contributed by atoms with Gasteiger partial charge in [-0.15, -0.1) is 0 Å². The van der Waals surface area contributed by atoms with Crippen LogP contribution in [0.1, 0.15) is 5.69 Å². The summed E-state index contributed by atoms with van der Waals surface area (Å²) in [5.41, 5.74) is -2.22. The van der Waals surface area contributed by atoms with Crippen LogP contribution in [0.5, 0.6) is 0 Å². The first-order valence-corrected chi connectivity index (χ1v) is 2.43. The van der Waals surface area contributed by atoms with Crippen molar-refractivity contribution in [3.8, 4) is 0 Å². The molecule has 0 aromatic carbocycles. The van der Waals surface area contributed by atoms with E-state index in [4.69, 9.17) is 0 Å². The van der Waals surface area contributed by atoms with Crippen LogP contribution in [0.4, 0.5) is 0 Å². The smallest absolute Gasteiger partial charge is 0.232 e. The fourth-order valence-electron chi connectivity index (χ4n) is 0.520. The topological polar surface area (TPSA) is 70.0 Å². The summed E-state index contributed by atoms with van der Waals surface area (Å²) in [5.74, 6) is 0. The third-order valence-corrected chi connectivity index (χ3v) is 0.987. The molecule has 0 aliphatic heterocycles. The van der Waals surface area contributed by atoms with E-state index in [1.807, 2.05) is 0 Å². The number of imidazole rings is 1. The minimum absolute atomic E-state index is 0.194. The van der Waals surface area contributed by atoms with Gasteiger partial charge < -0.3 is 0 Å². The Morgan fingerprint density at radius 2 is 2.10 bits per heavy atom. The molecule has 0 radical (unpaired) electrons. The molecule has 50 valence electrons. The van der Waals surface area contributed by atoms with E-state index in [0.29, 0.717) is 0 Å². The van der Waals surface area contributed by atoms with Gasteiger partial charge in [-0.25, -0.2) is 4.79 Å². The van der Waals surface area contributed by atoms with Crippen LogP contribution >= 0.6 is 0 Å². The van der Waals surface area contributed by atoms with Gasteiger partial charge >= 0.3 is 11.2 Å². The van der Waals surface area contributed by atoms with Crippen LogP contribution in [0.15, 0.2) is 16.2 Å². The minimum atomic E-state index is -1.08. The predicted molar refractivity (Wildman–Crippen MR) is 32.6 cm³/mol. The highest BCUT2D eigenvalue weighted by molar-refractivity contribution is 5.37. The Bertz CT molecular complexity index is 400. The van der Waals surface area contributed by atoms with Crippen LogP contribution in [-0.2, 0) is 0 Å². The SMILES string of the molecule is C=Cc1nc(=O)[n+](=O)c1=O. The molecule has 10 heavy (non-hydrogen) atoms. The van der Waals surface area contributed by atoms with Gasteiger partial charge in [-0.2, -0.15) is 4.79 Å². The highest BCUT2D eigenvalue weighted by Gasteiger charge is 2.18. The maximum Gasteiger partial charge on any atom is 0.588 e. The van der Waals surface area contributed by atoms with Gasteiger partial charge in [-0.05, 0) is 6.08 Å². The van der Waals surface area contributed by atoms with Crippen molar-refractivity contribution < 1.29 is 4.43 Å². The van der Waals surface area contributed by atoms with Crippen LogP contribution in [0, 0.1) is 4.91 Å². The monoisotopic (exact) mass is 139 g/mol. The zero-order valence-corrected chi connectivity index (χ0v) is 4.90. The summed E-state index contributed by atoms with van der Waals surface area (Å²) < 4.78 is -0.309. The molecule has 1 rings (SSSR count). The summed E-state index contributed by atoms with van der Waals surface area (Å²) in [4.78, 5) is 34.3. The number of hydrogen-bond acceptors (Lipinski definition) is 4. The summed E-state index contributed by atoms with van der Waals surface area (Å²) in [5, 5.41) is 0. The van der Waals surface area contributed by atoms with Gasteiger partial charge in [0, 0.05) is 4.98 Å². The maximum absolute atomic E-state index is 10.5. The van der Waals surface area contributed by atoms with Gasteiger partial charge in [0.2, 0.25) is 0 Å². The summed E-state index contributed by atoms with van der Waals surface area (Å²) in [6.07, 6.45) is 1.07. The second-order valence-electron chi connectivity index (χ2n) is 1.58. The first kappa shape index (κ1) is 6.47. The lowest BCUT2D eigenvalue weighted by Gasteiger charge is -1.57. The largest absolute Gasteiger partial charge is 0.588 e. The molecule has 0 aliphatic carbocycles. The van der Waals surface area contributed by atoms with E-state index in [-0.39, 0.29) is 10.1 Å². The molecule has 0 atom stereocenters. The molecule has 5 nitrogen and oxygen atoms in total. The molecule has 0 fully saturated rings. The highest BCUT2D eigenvalue weighted by atomic mass is 16.3. The lowest BCUT2D eigenvalue weighted by molar-refractivity contribution is -0.525. The first-order chi connectivity index (χ1) is 4.66. The molecular formula is C5H3N2O3+. The van der Waals surface area contributed by atoms with Crippen molar-refractivity contribution in [3.05, 3.63) is 38.0 Å². The molecule has 1 aromatic rings. The van der Waals surface area contributed by atoms with Crippen LogP contribution in [0.2, 0.25) is 0 Å². The van der Waals surface area contributed by atoms with Crippen molar-refractivity contribution >= 4 is 6.08 Å². The first-order valence-electron chi connectivity index (χ1n) is 2.43. The van der Waals surface area contributed by atoms with Crippen molar-refractivity contribution in [2.24, 2.45) is 0 Å². The van der Waals surface area contributed by atoms with Crippen LogP contribution < -0.4 is 15.7 Å². The Hall–Kier alpha value is -1.65. The van der Waals surface area contributed by atoms with Crippen LogP contribution in [0.25, 0.3) is 6.08 Å². The van der Waals surface area contributed by atoms with Gasteiger partial charge in [0.1, 0.15) is 0 Å². The summed E-state index contributed by atoms with van der Waals surface area (Å²) in [6, 6.07) is 0. The molecule has 0 aliphatic rings. The molecule has 0 amide bonds. The average Bonchev–Trinajstić information content (AvgIpc) is 2.17. The minimum Gasteiger partial charge on any atom is -0.232 e. The maximum atomic E-state index is 10.5. The van der Waals surface area contributed by atoms with E-state index >= 15 is 0 Å². The van der Waals surface area contributed by atoms with Crippen molar-refractivity contribution in [1.29, 1.82) is 0 Å². The van der Waals surface area contributed by atoms with Crippen molar-refractivity contribution in [3.63, 3.8) is 0 Å². The number of nitrogens with zero attached hydrogens (tertiary/aromatic N) is 2. The zero-order valence-electron chi connectivity index (χ0n) is 4.90. The Morgan fingerprint density at radius 3 is 2.30 bits per heavy atom. The van der Waals surface area contributed by atoms with E-state index in [1.165, 1.54) is 0 Å². The molecule has 0 unspecified atom stereocenters. The lowest BCUT2D eigenvalue weighted by Crippen LogP contribution is -2.43. The molecule has 1 aromatic heterocycles. The van der Waals surface area contributed by atoms with E-state index in [9.17, 15) is 14.5 Å². The van der Waals surface area contributed by atoms with Crippen LogP contribution in [-0.4, -0.2) is 4.98 Å². The second kappa shape index (κ2) is 1.94. The van der Waals surface area contributed by atoms with Crippen molar-refractivity contribution in [2.45, 2.75) is 0 Å². The third kappa shape index (κ3) is 0.680. The Kier molecular flexibility index (Phi) is 1.26. The number of aromatic nitrogens is 2. The van der Waals surface area contributed by atoms with Gasteiger partial charge in [0.15, 0.2) is 0 Å². The highest BCUT2D eigenvalue weighted by Crippen LogP contribution is 1.76. The zero-order chi connectivity index (χ0) is 7.72. The predicted octanol–water partition coefficient (Wildman–Crippen LogP) is -1.76. The Labute approximate surface area is 54.6 Å². The van der Waals surface area contributed by atoms with E-state index in [1.54, 1.807) is 0 Å². The molecule has 1 heterocycles. The summed E-state index contributed by atoms with van der Waals surface area (Å²) in [6.45, 7) is 3.19. The standard InChI is InChI=1S/C5H3N2O3/c1-2-3-4(8)7(10)5(9)6-3/h2H,1H2/q+1. The molecule has 0 saturated heterocycles. The number of hydrogen-bond donors (Lipinski definition) is 0. The normalized spacial score (nSPS) is 9.60. The van der Waals surface area contributed by atoms with Crippen LogP contribution in [0.3, 0.4) is 0 Å². The Balaban J connectivity index is 3.79. The van der Waals surface area contributed by atoms with Gasteiger partial charge in [0.05, 0.1) is 4.43 Å². The number of rotatable bonds is 1. The van der Waals surface area contributed by atoms with E-state index < -0.39 is 11.2 Å². The van der Waals surface area contributed by atoms with E-state index in [0.717, 1.165) is 6.08 Å². The molecule has 0 N–H and O–H groups in total. The summed E-state index contributed by atoms with van der Waals surface area (Å²) in [7, 11) is 0. The molecule has 0 bridgehead atoms. The molecular weight excluding hydrogens is 136 g/mol. The molecule has 5 heteroatoms. The van der Waals surface area contributed by atoms with E-state index in [2.05, 4.69) is 11.6 Å². The summed E-state index contributed by atoms with van der Waals surface area (Å²) >= 11 is 0. The quantitative estimate of drug-likeness (QED) is 0.432. The second-order valence-corrected chi connectivity index (χ2v) is 1.58. The van der Waals surface area contributed by atoms with Crippen molar-refractivity contribution in [2.75, 3.05) is 0 Å². The van der Waals surface area contributed by atoms with Crippen molar-refractivity contribution in [1.82, 2.24) is 4.98 Å².